The number of carbonyl (C=O) groups excluding carboxylic acids is 3. The number of likely N-dealkylation sites (tertiary alicyclic amines) is 1. The van der Waals surface area contributed by atoms with Crippen molar-refractivity contribution in [1.29, 1.82) is 0 Å². The van der Waals surface area contributed by atoms with Crippen LogP contribution in [0.25, 0.3) is 0 Å². The molecule has 0 saturated carbocycles. The number of carbonyl (C=O) groups is 3. The van der Waals surface area contributed by atoms with E-state index in [1.165, 1.54) is 6.92 Å². The Morgan fingerprint density at radius 3 is 2.21 bits per heavy atom. The highest BCUT2D eigenvalue weighted by Gasteiger charge is 2.42. The molecule has 2 rings (SSSR count). The van der Waals surface area contributed by atoms with Crippen molar-refractivity contribution in [1.82, 2.24) is 10.2 Å². The van der Waals surface area contributed by atoms with Gasteiger partial charge in [-0.1, -0.05) is 0 Å². The van der Waals surface area contributed by atoms with E-state index in [2.05, 4.69) is 10.6 Å². The summed E-state index contributed by atoms with van der Waals surface area (Å²) in [6.45, 7) is 8.19. The maximum atomic E-state index is 13.3. The fourth-order valence-corrected chi connectivity index (χ4v) is 3.54. The number of amides is 2. The molecule has 160 valence electrons. The number of hydrogen-bond acceptors (Lipinski definition) is 6. The second-order valence-corrected chi connectivity index (χ2v) is 7.41. The van der Waals surface area contributed by atoms with Gasteiger partial charge >= 0.3 is 6.09 Å². The van der Waals surface area contributed by atoms with Crippen LogP contribution >= 0.6 is 0 Å². The Kier molecular flexibility index (Phi) is 7.61. The molecule has 1 saturated heterocycles. The van der Waals surface area contributed by atoms with Gasteiger partial charge in [-0.15, -0.1) is 0 Å². The minimum absolute atomic E-state index is 0.0539. The van der Waals surface area contributed by atoms with E-state index in [1.54, 1.807) is 18.9 Å². The summed E-state index contributed by atoms with van der Waals surface area (Å²) in [7, 11) is 1.60. The molecular formula is C21H31N3O5. The van der Waals surface area contributed by atoms with Crippen molar-refractivity contribution in [3.8, 4) is 5.75 Å². The number of nitrogens with zero attached hydrogens (tertiary/aromatic N) is 1. The highest BCUT2D eigenvalue weighted by atomic mass is 16.6. The Morgan fingerprint density at radius 2 is 1.72 bits per heavy atom. The van der Waals surface area contributed by atoms with Gasteiger partial charge in [-0.2, -0.15) is 0 Å². The molecular weight excluding hydrogens is 374 g/mol. The van der Waals surface area contributed by atoms with Gasteiger partial charge in [-0.05, 0) is 63.8 Å². The van der Waals surface area contributed by atoms with Gasteiger partial charge in [0.25, 0.3) is 0 Å². The molecule has 1 fully saturated rings. The number of anilines is 1. The van der Waals surface area contributed by atoms with Crippen LogP contribution in [0.15, 0.2) is 12.1 Å². The van der Waals surface area contributed by atoms with Crippen LogP contribution in [0.4, 0.5) is 10.5 Å². The summed E-state index contributed by atoms with van der Waals surface area (Å²) >= 11 is 0. The van der Waals surface area contributed by atoms with Gasteiger partial charge in [0.15, 0.2) is 0 Å². The number of ketones is 1. The molecule has 1 heterocycles. The Morgan fingerprint density at radius 1 is 1.14 bits per heavy atom. The fraction of sp³-hybridized carbons (Fsp3) is 0.571. The smallest absolute Gasteiger partial charge is 0.409 e. The predicted octanol–water partition coefficient (Wildman–Crippen LogP) is 2.42. The van der Waals surface area contributed by atoms with Gasteiger partial charge < -0.3 is 19.7 Å². The first-order valence-electron chi connectivity index (χ1n) is 9.85. The van der Waals surface area contributed by atoms with E-state index in [9.17, 15) is 14.4 Å². The fourth-order valence-electron chi connectivity index (χ4n) is 3.54. The first kappa shape index (κ1) is 22.7. The third-order valence-electron chi connectivity index (χ3n) is 5.23. The third kappa shape index (κ3) is 5.47. The lowest BCUT2D eigenvalue weighted by Gasteiger charge is -2.40. The molecule has 1 aromatic carbocycles. The van der Waals surface area contributed by atoms with Crippen molar-refractivity contribution in [2.24, 2.45) is 0 Å². The maximum Gasteiger partial charge on any atom is 0.409 e. The number of hydrogen-bond donors (Lipinski definition) is 2. The summed E-state index contributed by atoms with van der Waals surface area (Å²) in [6.07, 6.45) is 0.396. The number of Topliss-reactive ketones (excluding diaryl/α,β-unsaturated/α-hetero) is 1. The van der Waals surface area contributed by atoms with Crippen molar-refractivity contribution in [3.05, 3.63) is 23.3 Å². The normalized spacial score (nSPS) is 15.6. The number of benzene rings is 1. The third-order valence-corrected chi connectivity index (χ3v) is 5.23. The molecule has 0 aromatic heterocycles. The van der Waals surface area contributed by atoms with Gasteiger partial charge in [0.05, 0.1) is 20.3 Å². The molecule has 0 unspecified atom stereocenters. The molecule has 0 radical (unpaired) electrons. The number of aryl methyl sites for hydroxylation is 2. The largest absolute Gasteiger partial charge is 0.497 e. The van der Waals surface area contributed by atoms with Gasteiger partial charge in [-0.25, -0.2) is 4.79 Å². The monoisotopic (exact) mass is 405 g/mol. The van der Waals surface area contributed by atoms with Crippen molar-refractivity contribution in [3.63, 3.8) is 0 Å². The van der Waals surface area contributed by atoms with Crippen molar-refractivity contribution >= 4 is 23.5 Å². The Labute approximate surface area is 171 Å². The Hall–Kier alpha value is -2.61. The number of piperidine rings is 1. The second-order valence-electron chi connectivity index (χ2n) is 7.41. The zero-order valence-corrected chi connectivity index (χ0v) is 17.9. The molecule has 1 aromatic rings. The lowest BCUT2D eigenvalue weighted by Crippen LogP contribution is -2.61. The van der Waals surface area contributed by atoms with E-state index in [1.807, 2.05) is 26.0 Å². The van der Waals surface area contributed by atoms with Crippen molar-refractivity contribution in [2.45, 2.75) is 46.1 Å². The molecule has 0 spiro atoms. The van der Waals surface area contributed by atoms with Crippen LogP contribution in [-0.2, 0) is 14.3 Å². The van der Waals surface area contributed by atoms with Crippen LogP contribution in [0.2, 0.25) is 0 Å². The topological polar surface area (TPSA) is 97.0 Å². The number of rotatable bonds is 7. The van der Waals surface area contributed by atoms with Crippen LogP contribution in [0, 0.1) is 13.8 Å². The Bertz CT molecular complexity index is 747. The molecule has 1 aliphatic rings. The first-order chi connectivity index (χ1) is 13.7. The van der Waals surface area contributed by atoms with Gasteiger partial charge in [0.2, 0.25) is 5.91 Å². The van der Waals surface area contributed by atoms with Crippen LogP contribution in [0.5, 0.6) is 5.75 Å². The zero-order valence-electron chi connectivity index (χ0n) is 17.9. The summed E-state index contributed by atoms with van der Waals surface area (Å²) < 4.78 is 10.3. The van der Waals surface area contributed by atoms with E-state index < -0.39 is 5.54 Å². The average Bonchev–Trinajstić information content (AvgIpc) is 2.69. The first-order valence-corrected chi connectivity index (χ1v) is 9.85. The number of ether oxygens (including phenoxy) is 2. The molecule has 8 nitrogen and oxygen atoms in total. The summed E-state index contributed by atoms with van der Waals surface area (Å²) in [5, 5.41) is 6.17. The standard InChI is InChI=1S/C21H31N3O5/c1-6-29-20(27)24-9-7-21(8-10-24,22-13-16(4)25)19(26)23-18-14(2)11-17(28-5)12-15(18)3/h11-12,22H,6-10,13H2,1-5H3,(H,23,26). The van der Waals surface area contributed by atoms with Crippen LogP contribution in [-0.4, -0.2) is 61.6 Å². The lowest BCUT2D eigenvalue weighted by atomic mass is 9.86. The van der Waals surface area contributed by atoms with E-state index >= 15 is 0 Å². The quantitative estimate of drug-likeness (QED) is 0.723. The summed E-state index contributed by atoms with van der Waals surface area (Å²) in [4.78, 5) is 38.5. The molecule has 0 atom stereocenters. The summed E-state index contributed by atoms with van der Waals surface area (Å²) in [5.41, 5.74) is 1.57. The van der Waals surface area contributed by atoms with E-state index in [0.29, 0.717) is 32.5 Å². The number of methoxy groups -OCH3 is 1. The second kappa shape index (κ2) is 9.73. The molecule has 2 N–H and O–H groups in total. The molecule has 2 amide bonds. The van der Waals surface area contributed by atoms with E-state index in [4.69, 9.17) is 9.47 Å². The van der Waals surface area contributed by atoms with E-state index in [0.717, 1.165) is 22.6 Å². The average molecular weight is 405 g/mol. The predicted molar refractivity (Wildman–Crippen MR) is 110 cm³/mol. The van der Waals surface area contributed by atoms with E-state index in [-0.39, 0.29) is 24.3 Å². The summed E-state index contributed by atoms with van der Waals surface area (Å²) in [5.74, 6) is 0.464. The minimum Gasteiger partial charge on any atom is -0.497 e. The van der Waals surface area contributed by atoms with Crippen molar-refractivity contribution < 1.29 is 23.9 Å². The lowest BCUT2D eigenvalue weighted by molar-refractivity contribution is -0.125. The summed E-state index contributed by atoms with van der Waals surface area (Å²) in [6, 6.07) is 3.73. The van der Waals surface area contributed by atoms with Crippen LogP contribution in [0.1, 0.15) is 37.8 Å². The SMILES string of the molecule is CCOC(=O)N1CCC(NCC(C)=O)(C(=O)Nc2c(C)cc(OC)cc2C)CC1. The molecule has 29 heavy (non-hydrogen) atoms. The van der Waals surface area contributed by atoms with Crippen LogP contribution < -0.4 is 15.4 Å². The van der Waals surface area contributed by atoms with Crippen molar-refractivity contribution in [2.75, 3.05) is 38.7 Å². The molecule has 0 aliphatic carbocycles. The number of nitrogens with one attached hydrogen (secondary N) is 2. The highest BCUT2D eigenvalue weighted by Crippen LogP contribution is 2.29. The van der Waals surface area contributed by atoms with Gasteiger partial charge in [-0.3, -0.25) is 14.9 Å². The van der Waals surface area contributed by atoms with Crippen LogP contribution in [0.3, 0.4) is 0 Å². The molecule has 0 bridgehead atoms. The molecule has 8 heteroatoms. The van der Waals surface area contributed by atoms with Gasteiger partial charge in [0.1, 0.15) is 17.1 Å². The molecule has 1 aliphatic heterocycles. The van der Waals surface area contributed by atoms with Gasteiger partial charge in [0, 0.05) is 18.8 Å². The zero-order chi connectivity index (χ0) is 21.6. The maximum absolute atomic E-state index is 13.3. The highest BCUT2D eigenvalue weighted by molar-refractivity contribution is 6.00. The Balaban J connectivity index is 2.21. The minimum atomic E-state index is -0.937.